The maximum absolute atomic E-state index is 13.7. The maximum atomic E-state index is 13.7. The van der Waals surface area contributed by atoms with Crippen LogP contribution in [0, 0.1) is 5.82 Å². The van der Waals surface area contributed by atoms with E-state index in [9.17, 15) is 14.3 Å². The molecular weight excluding hydrogens is 319 g/mol. The number of carbonyl (C=O) groups excluding carboxylic acids is 1. The highest BCUT2D eigenvalue weighted by Gasteiger charge is 2.25. The molecule has 2 atom stereocenters. The van der Waals surface area contributed by atoms with E-state index in [0.29, 0.717) is 13.1 Å². The van der Waals surface area contributed by atoms with Crippen molar-refractivity contribution in [2.75, 3.05) is 6.54 Å². The van der Waals surface area contributed by atoms with E-state index in [-0.39, 0.29) is 29.6 Å². The summed E-state index contributed by atoms with van der Waals surface area (Å²) >= 11 is 0. The first-order valence-corrected chi connectivity index (χ1v) is 8.53. The fraction of sp³-hybridized carbons (Fsp3) is 0.350. The normalized spacial score (nSPS) is 18.4. The highest BCUT2D eigenvalue weighted by atomic mass is 19.1. The maximum Gasteiger partial charge on any atom is 0.219 e. The number of nitrogens with one attached hydrogen (secondary N) is 1. The number of hydrogen-bond donors (Lipinski definition) is 2. The van der Waals surface area contributed by atoms with E-state index in [4.69, 9.17) is 0 Å². The molecular formula is C20H23FN2O2. The molecule has 4 nitrogen and oxygen atoms in total. The largest absolute Gasteiger partial charge is 0.508 e. The third kappa shape index (κ3) is 3.99. The van der Waals surface area contributed by atoms with E-state index in [2.05, 4.69) is 5.32 Å². The molecule has 0 fully saturated rings. The van der Waals surface area contributed by atoms with Crippen molar-refractivity contribution >= 4 is 5.91 Å². The van der Waals surface area contributed by atoms with Crippen molar-refractivity contribution < 1.29 is 14.3 Å². The molecule has 1 amide bonds. The topological polar surface area (TPSA) is 52.6 Å². The molecule has 2 N–H and O–H groups in total. The summed E-state index contributed by atoms with van der Waals surface area (Å²) in [5.41, 5.74) is 2.85. The highest BCUT2D eigenvalue weighted by Crippen LogP contribution is 2.30. The van der Waals surface area contributed by atoms with Crippen molar-refractivity contribution in [3.05, 3.63) is 65.0 Å². The van der Waals surface area contributed by atoms with Crippen molar-refractivity contribution in [1.82, 2.24) is 10.2 Å². The minimum absolute atomic E-state index is 0.00288. The van der Waals surface area contributed by atoms with Gasteiger partial charge in [-0.3, -0.25) is 4.79 Å². The van der Waals surface area contributed by atoms with E-state index in [0.717, 1.165) is 23.1 Å². The molecule has 5 heteroatoms. The monoisotopic (exact) mass is 342 g/mol. The lowest BCUT2D eigenvalue weighted by Crippen LogP contribution is -2.30. The smallest absolute Gasteiger partial charge is 0.219 e. The molecule has 0 aliphatic carbocycles. The van der Waals surface area contributed by atoms with Crippen LogP contribution in [0.4, 0.5) is 4.39 Å². The Hall–Kier alpha value is -2.40. The molecule has 1 heterocycles. The minimum atomic E-state index is -0.288. The lowest BCUT2D eigenvalue weighted by Gasteiger charge is -2.24. The summed E-state index contributed by atoms with van der Waals surface area (Å²) in [5, 5.41) is 13.2. The summed E-state index contributed by atoms with van der Waals surface area (Å²) in [6.07, 6.45) is 0.751. The molecule has 3 rings (SSSR count). The first-order valence-electron chi connectivity index (χ1n) is 8.53. The summed E-state index contributed by atoms with van der Waals surface area (Å²) in [6, 6.07) is 12.0. The average Bonchev–Trinajstić information content (AvgIpc) is 2.74. The predicted molar refractivity (Wildman–Crippen MR) is 94.5 cm³/mol. The van der Waals surface area contributed by atoms with Crippen molar-refractivity contribution in [1.29, 1.82) is 0 Å². The zero-order valence-electron chi connectivity index (χ0n) is 14.5. The lowest BCUT2D eigenvalue weighted by atomic mass is 9.97. The second-order valence-electron chi connectivity index (χ2n) is 6.61. The number of benzene rings is 2. The number of phenols is 1. The quantitative estimate of drug-likeness (QED) is 0.895. The van der Waals surface area contributed by atoms with E-state index in [1.54, 1.807) is 30.0 Å². The standard InChI is InChI=1S/C20H23FN2O2/c1-13(15-4-3-5-18(25)11-15)22-20-8-9-23(14(2)24)12-16-10-17(21)6-7-19(16)20/h3-7,10-11,13,20,22,25H,8-9,12H2,1-2H3/t13-,20+/m0/s1. The Morgan fingerprint density at radius 1 is 1.32 bits per heavy atom. The number of halogens is 1. The Balaban J connectivity index is 1.87. The molecule has 132 valence electrons. The van der Waals surface area contributed by atoms with Gasteiger partial charge in [0.05, 0.1) is 0 Å². The third-order valence-electron chi connectivity index (χ3n) is 4.80. The van der Waals surface area contributed by atoms with E-state index < -0.39 is 0 Å². The molecule has 0 aromatic heterocycles. The van der Waals surface area contributed by atoms with Gasteiger partial charge in [-0.15, -0.1) is 0 Å². The number of amides is 1. The highest BCUT2D eigenvalue weighted by molar-refractivity contribution is 5.73. The Bertz CT molecular complexity index is 778. The summed E-state index contributed by atoms with van der Waals surface area (Å²) in [6.45, 7) is 4.63. The van der Waals surface area contributed by atoms with Crippen molar-refractivity contribution in [2.24, 2.45) is 0 Å². The van der Waals surface area contributed by atoms with Gasteiger partial charge in [-0.2, -0.15) is 0 Å². The van der Waals surface area contributed by atoms with Gasteiger partial charge < -0.3 is 15.3 Å². The summed E-state index contributed by atoms with van der Waals surface area (Å²) in [5.74, 6) is -0.0573. The number of phenolic OH excluding ortho intramolecular Hbond substituents is 1. The van der Waals surface area contributed by atoms with Crippen LogP contribution in [-0.4, -0.2) is 22.5 Å². The number of nitrogens with zero attached hydrogens (tertiary/aromatic N) is 1. The van der Waals surface area contributed by atoms with Crippen molar-refractivity contribution in [3.8, 4) is 5.75 Å². The Labute approximate surface area is 147 Å². The van der Waals surface area contributed by atoms with Crippen LogP contribution in [0.3, 0.4) is 0 Å². The molecule has 1 aliphatic heterocycles. The second kappa shape index (κ2) is 7.23. The minimum Gasteiger partial charge on any atom is -0.508 e. The van der Waals surface area contributed by atoms with Crippen LogP contribution < -0.4 is 5.32 Å². The Morgan fingerprint density at radius 3 is 2.84 bits per heavy atom. The van der Waals surface area contributed by atoms with Crippen LogP contribution in [0.15, 0.2) is 42.5 Å². The Morgan fingerprint density at radius 2 is 2.12 bits per heavy atom. The summed E-state index contributed by atoms with van der Waals surface area (Å²) in [4.78, 5) is 13.6. The first-order chi connectivity index (χ1) is 11.9. The van der Waals surface area contributed by atoms with Gasteiger partial charge in [0.25, 0.3) is 0 Å². The molecule has 1 aliphatic rings. The van der Waals surface area contributed by atoms with Crippen molar-refractivity contribution in [3.63, 3.8) is 0 Å². The zero-order chi connectivity index (χ0) is 18.0. The van der Waals surface area contributed by atoms with E-state index in [1.807, 2.05) is 19.1 Å². The van der Waals surface area contributed by atoms with Crippen LogP contribution in [-0.2, 0) is 11.3 Å². The average molecular weight is 342 g/mol. The van der Waals surface area contributed by atoms with Crippen LogP contribution in [0.5, 0.6) is 5.75 Å². The molecule has 0 radical (unpaired) electrons. The second-order valence-corrected chi connectivity index (χ2v) is 6.61. The van der Waals surface area contributed by atoms with Crippen LogP contribution in [0.25, 0.3) is 0 Å². The Kier molecular flexibility index (Phi) is 5.04. The van der Waals surface area contributed by atoms with Gasteiger partial charge in [0, 0.05) is 32.1 Å². The first kappa shape index (κ1) is 17.4. The number of aromatic hydroxyl groups is 1. The molecule has 0 saturated heterocycles. The zero-order valence-corrected chi connectivity index (χ0v) is 14.5. The van der Waals surface area contributed by atoms with Gasteiger partial charge in [-0.05, 0) is 54.3 Å². The van der Waals surface area contributed by atoms with Gasteiger partial charge in [0.1, 0.15) is 11.6 Å². The van der Waals surface area contributed by atoms with E-state index in [1.165, 1.54) is 12.1 Å². The van der Waals surface area contributed by atoms with Gasteiger partial charge in [-0.25, -0.2) is 4.39 Å². The molecule has 2 aromatic rings. The van der Waals surface area contributed by atoms with Crippen LogP contribution in [0.1, 0.15) is 49.0 Å². The number of rotatable bonds is 3. The van der Waals surface area contributed by atoms with Gasteiger partial charge >= 0.3 is 0 Å². The molecule has 0 bridgehead atoms. The number of hydrogen-bond acceptors (Lipinski definition) is 3. The molecule has 0 unspecified atom stereocenters. The fourth-order valence-corrected chi connectivity index (χ4v) is 3.41. The molecule has 0 saturated carbocycles. The molecule has 2 aromatic carbocycles. The van der Waals surface area contributed by atoms with Crippen molar-refractivity contribution in [2.45, 2.75) is 38.9 Å². The fourth-order valence-electron chi connectivity index (χ4n) is 3.41. The SMILES string of the molecule is CC(=O)N1CC[C@@H](N[C@@H](C)c2cccc(O)c2)c2ccc(F)cc2C1. The lowest BCUT2D eigenvalue weighted by molar-refractivity contribution is -0.129. The third-order valence-corrected chi connectivity index (χ3v) is 4.80. The van der Waals surface area contributed by atoms with E-state index >= 15 is 0 Å². The van der Waals surface area contributed by atoms with Gasteiger partial charge in [0.2, 0.25) is 5.91 Å². The summed E-state index contributed by atoms with van der Waals surface area (Å²) in [7, 11) is 0. The predicted octanol–water partition coefficient (Wildman–Crippen LogP) is 3.68. The summed E-state index contributed by atoms with van der Waals surface area (Å²) < 4.78 is 13.7. The van der Waals surface area contributed by atoms with Gasteiger partial charge in [-0.1, -0.05) is 18.2 Å². The molecule has 25 heavy (non-hydrogen) atoms. The molecule has 0 spiro atoms. The van der Waals surface area contributed by atoms with Crippen LogP contribution >= 0.6 is 0 Å². The number of fused-ring (bicyclic) bond motifs is 1. The number of carbonyl (C=O) groups is 1. The van der Waals surface area contributed by atoms with Crippen LogP contribution in [0.2, 0.25) is 0 Å². The van der Waals surface area contributed by atoms with Gasteiger partial charge in [0.15, 0.2) is 0 Å².